The summed E-state index contributed by atoms with van der Waals surface area (Å²) in [6.07, 6.45) is 0. The zero-order chi connectivity index (χ0) is 15.2. The number of rotatable bonds is 4. The van der Waals surface area contributed by atoms with E-state index in [2.05, 4.69) is 60.6 Å². The molecule has 0 spiro atoms. The highest BCUT2D eigenvalue weighted by atomic mass is 127. The Morgan fingerprint density at radius 3 is 2.59 bits per heavy atom. The highest BCUT2D eigenvalue weighted by Crippen LogP contribution is 2.18. The summed E-state index contributed by atoms with van der Waals surface area (Å²) in [4.78, 5) is 8.61. The lowest BCUT2D eigenvalue weighted by atomic mass is 10.2. The van der Waals surface area contributed by atoms with Crippen LogP contribution in [-0.4, -0.2) is 34.2 Å². The van der Waals surface area contributed by atoms with Gasteiger partial charge in [-0.3, -0.25) is 10.1 Å². The maximum absolute atomic E-state index is 4.47. The summed E-state index contributed by atoms with van der Waals surface area (Å²) >= 11 is 3.41. The van der Waals surface area contributed by atoms with Crippen molar-refractivity contribution in [3.8, 4) is 11.4 Å². The number of H-pyrrole nitrogens is 1. The van der Waals surface area contributed by atoms with Crippen molar-refractivity contribution in [2.24, 2.45) is 4.99 Å². The second-order valence-electron chi connectivity index (χ2n) is 4.84. The van der Waals surface area contributed by atoms with Gasteiger partial charge in [0, 0.05) is 23.1 Å². The number of hydrogen-bond donors (Lipinski definition) is 3. The molecule has 0 fully saturated rings. The Bertz CT molecular complexity index is 608. The van der Waals surface area contributed by atoms with Crippen molar-refractivity contribution in [2.45, 2.75) is 26.4 Å². The van der Waals surface area contributed by atoms with E-state index < -0.39 is 0 Å². The van der Waals surface area contributed by atoms with Crippen LogP contribution in [0.15, 0.2) is 33.7 Å². The van der Waals surface area contributed by atoms with Gasteiger partial charge in [-0.1, -0.05) is 28.1 Å². The van der Waals surface area contributed by atoms with Crippen molar-refractivity contribution >= 4 is 45.9 Å². The molecule has 0 aliphatic rings. The Kier molecular flexibility index (Phi) is 7.80. The topological polar surface area (TPSA) is 78.0 Å². The standard InChI is InChI=1S/C14H19BrN6.HI/c1-9(2)18-14(16-3)17-8-12-19-13(21-20-12)10-4-6-11(15)7-5-10;/h4-7,9H,8H2,1-3H3,(H2,16,17,18)(H,19,20,21);1H. The van der Waals surface area contributed by atoms with Gasteiger partial charge >= 0.3 is 0 Å². The van der Waals surface area contributed by atoms with E-state index in [9.17, 15) is 0 Å². The largest absolute Gasteiger partial charge is 0.354 e. The summed E-state index contributed by atoms with van der Waals surface area (Å²) in [7, 11) is 1.74. The van der Waals surface area contributed by atoms with Crippen LogP contribution in [0.4, 0.5) is 0 Å². The molecule has 3 N–H and O–H groups in total. The third kappa shape index (κ3) is 5.56. The van der Waals surface area contributed by atoms with E-state index in [-0.39, 0.29) is 24.0 Å². The van der Waals surface area contributed by atoms with E-state index in [1.54, 1.807) is 7.05 Å². The van der Waals surface area contributed by atoms with Crippen LogP contribution in [0.1, 0.15) is 19.7 Å². The number of benzene rings is 1. The Balaban J connectivity index is 0.00000242. The molecule has 0 bridgehead atoms. The highest BCUT2D eigenvalue weighted by Gasteiger charge is 2.07. The monoisotopic (exact) mass is 478 g/mol. The molecule has 0 radical (unpaired) electrons. The van der Waals surface area contributed by atoms with Crippen molar-refractivity contribution in [1.29, 1.82) is 0 Å². The van der Waals surface area contributed by atoms with Crippen LogP contribution in [0.3, 0.4) is 0 Å². The zero-order valence-electron chi connectivity index (χ0n) is 12.7. The number of aliphatic imine (C=N–C) groups is 1. The van der Waals surface area contributed by atoms with Gasteiger partial charge in [0.1, 0.15) is 5.82 Å². The van der Waals surface area contributed by atoms with Crippen molar-refractivity contribution in [1.82, 2.24) is 25.8 Å². The molecule has 22 heavy (non-hydrogen) atoms. The first-order valence-corrected chi connectivity index (χ1v) is 7.52. The minimum atomic E-state index is 0. The molecule has 2 aromatic rings. The summed E-state index contributed by atoms with van der Waals surface area (Å²) in [5.74, 6) is 2.19. The Labute approximate surface area is 155 Å². The average molecular weight is 479 g/mol. The van der Waals surface area contributed by atoms with Gasteiger partial charge in [0.15, 0.2) is 11.8 Å². The van der Waals surface area contributed by atoms with Crippen LogP contribution < -0.4 is 10.6 Å². The maximum atomic E-state index is 4.47. The predicted molar refractivity (Wildman–Crippen MR) is 103 cm³/mol. The van der Waals surface area contributed by atoms with Crippen molar-refractivity contribution in [2.75, 3.05) is 7.05 Å². The molecule has 1 heterocycles. The molecule has 6 nitrogen and oxygen atoms in total. The van der Waals surface area contributed by atoms with Gasteiger partial charge in [0.05, 0.1) is 6.54 Å². The summed E-state index contributed by atoms with van der Waals surface area (Å²) < 4.78 is 1.03. The second kappa shape index (κ2) is 9.09. The van der Waals surface area contributed by atoms with E-state index in [1.165, 1.54) is 0 Å². The molecular weight excluding hydrogens is 459 g/mol. The molecule has 0 aliphatic heterocycles. The highest BCUT2D eigenvalue weighted by molar-refractivity contribution is 14.0. The predicted octanol–water partition coefficient (Wildman–Crippen LogP) is 2.93. The van der Waals surface area contributed by atoms with Crippen molar-refractivity contribution < 1.29 is 0 Å². The fourth-order valence-corrected chi connectivity index (χ4v) is 2.00. The van der Waals surface area contributed by atoms with Gasteiger partial charge < -0.3 is 10.6 Å². The van der Waals surface area contributed by atoms with Gasteiger partial charge in [-0.05, 0) is 26.0 Å². The average Bonchev–Trinajstić information content (AvgIpc) is 2.92. The maximum Gasteiger partial charge on any atom is 0.191 e. The van der Waals surface area contributed by atoms with Gasteiger partial charge in [-0.2, -0.15) is 5.10 Å². The molecule has 2 rings (SSSR count). The molecule has 1 aromatic carbocycles. The fraction of sp³-hybridized carbons (Fsp3) is 0.357. The van der Waals surface area contributed by atoms with E-state index in [0.717, 1.165) is 21.8 Å². The first kappa shape index (κ1) is 18.9. The van der Waals surface area contributed by atoms with Crippen LogP contribution in [0.2, 0.25) is 0 Å². The Hall–Kier alpha value is -1.16. The smallest absolute Gasteiger partial charge is 0.191 e. The van der Waals surface area contributed by atoms with Crippen LogP contribution in [0.25, 0.3) is 11.4 Å². The quantitative estimate of drug-likeness (QED) is 0.358. The molecule has 0 saturated carbocycles. The van der Waals surface area contributed by atoms with Crippen LogP contribution in [-0.2, 0) is 6.54 Å². The van der Waals surface area contributed by atoms with Crippen LogP contribution in [0, 0.1) is 0 Å². The van der Waals surface area contributed by atoms with Crippen molar-refractivity contribution in [3.63, 3.8) is 0 Å². The number of nitrogens with one attached hydrogen (secondary N) is 3. The van der Waals surface area contributed by atoms with Gasteiger partial charge in [0.2, 0.25) is 0 Å². The molecular formula is C14H20BrIN6. The summed E-state index contributed by atoms with van der Waals surface area (Å²) in [5, 5.41) is 13.6. The molecule has 0 unspecified atom stereocenters. The van der Waals surface area contributed by atoms with E-state index in [1.807, 2.05) is 24.3 Å². The second-order valence-corrected chi connectivity index (χ2v) is 5.75. The number of nitrogens with zero attached hydrogens (tertiary/aromatic N) is 3. The molecule has 1 aromatic heterocycles. The molecule has 0 aliphatic carbocycles. The molecule has 0 amide bonds. The van der Waals surface area contributed by atoms with E-state index in [0.29, 0.717) is 18.4 Å². The minimum Gasteiger partial charge on any atom is -0.354 e. The molecule has 120 valence electrons. The van der Waals surface area contributed by atoms with Crippen LogP contribution >= 0.6 is 39.9 Å². The van der Waals surface area contributed by atoms with E-state index in [4.69, 9.17) is 0 Å². The fourth-order valence-electron chi connectivity index (χ4n) is 1.74. The number of guanidine groups is 1. The van der Waals surface area contributed by atoms with Crippen molar-refractivity contribution in [3.05, 3.63) is 34.6 Å². The summed E-state index contributed by atoms with van der Waals surface area (Å²) in [6, 6.07) is 8.22. The lowest BCUT2D eigenvalue weighted by molar-refractivity contribution is 0.692. The summed E-state index contributed by atoms with van der Waals surface area (Å²) in [5.41, 5.74) is 0.977. The Morgan fingerprint density at radius 2 is 2.00 bits per heavy atom. The SMILES string of the molecule is CN=C(NCc1nc(-c2ccc(Br)cc2)n[nH]1)NC(C)C.I. The lowest BCUT2D eigenvalue weighted by Crippen LogP contribution is -2.40. The van der Waals surface area contributed by atoms with Gasteiger partial charge in [-0.25, -0.2) is 4.98 Å². The first-order chi connectivity index (χ1) is 10.1. The number of hydrogen-bond acceptors (Lipinski definition) is 3. The third-order valence-electron chi connectivity index (χ3n) is 2.71. The number of aromatic amines is 1. The molecule has 0 atom stereocenters. The zero-order valence-corrected chi connectivity index (χ0v) is 16.6. The van der Waals surface area contributed by atoms with Gasteiger partial charge in [-0.15, -0.1) is 24.0 Å². The number of halogens is 2. The number of aromatic nitrogens is 3. The molecule has 8 heteroatoms. The normalized spacial score (nSPS) is 11.2. The first-order valence-electron chi connectivity index (χ1n) is 6.73. The minimum absolute atomic E-state index is 0. The van der Waals surface area contributed by atoms with E-state index >= 15 is 0 Å². The lowest BCUT2D eigenvalue weighted by Gasteiger charge is -2.13. The van der Waals surface area contributed by atoms with Gasteiger partial charge in [0.25, 0.3) is 0 Å². The molecule has 0 saturated heterocycles. The van der Waals surface area contributed by atoms with Crippen LogP contribution in [0.5, 0.6) is 0 Å². The third-order valence-corrected chi connectivity index (χ3v) is 3.24. The summed E-state index contributed by atoms with van der Waals surface area (Å²) in [6.45, 7) is 4.66. The Morgan fingerprint density at radius 1 is 1.32 bits per heavy atom.